The molecule has 32 heavy (non-hydrogen) atoms. The van der Waals surface area contributed by atoms with Crippen LogP contribution in [0.3, 0.4) is 0 Å². The number of allylic oxidation sites excluding steroid dienone is 2. The summed E-state index contributed by atoms with van der Waals surface area (Å²) in [6.45, 7) is 2.57. The van der Waals surface area contributed by atoms with E-state index in [1.807, 2.05) is 11.1 Å². The molecule has 1 aliphatic heterocycles. The first-order valence-corrected chi connectivity index (χ1v) is 15.3. The molecule has 10 atom stereocenters. The fraction of sp³-hybridized carbons (Fsp3) is 0.935. The Hall–Kier alpha value is -0.195. The molecule has 0 spiro atoms. The van der Waals surface area contributed by atoms with Crippen molar-refractivity contribution < 1.29 is 0 Å². The highest BCUT2D eigenvalue weighted by Gasteiger charge is 2.54. The van der Waals surface area contributed by atoms with Gasteiger partial charge in [-0.3, -0.25) is 0 Å². The van der Waals surface area contributed by atoms with E-state index in [2.05, 4.69) is 14.2 Å². The lowest BCUT2D eigenvalue weighted by atomic mass is 9.53. The molecule has 175 valence electrons. The summed E-state index contributed by atoms with van der Waals surface area (Å²) < 4.78 is 0. The van der Waals surface area contributed by atoms with Gasteiger partial charge in [0.1, 0.15) is 7.28 Å². The molecule has 0 aromatic rings. The third kappa shape index (κ3) is 3.28. The van der Waals surface area contributed by atoms with Gasteiger partial charge in [0.2, 0.25) is 0 Å². The third-order valence-corrected chi connectivity index (χ3v) is 12.9. The van der Waals surface area contributed by atoms with Crippen molar-refractivity contribution in [2.75, 3.05) is 0 Å². The molecule has 0 amide bonds. The Morgan fingerprint density at radius 3 is 1.97 bits per heavy atom. The second kappa shape index (κ2) is 8.48. The van der Waals surface area contributed by atoms with E-state index in [1.165, 1.54) is 44.9 Å². The maximum atomic E-state index is 2.89. The second-order valence-electron chi connectivity index (χ2n) is 13.8. The Labute approximate surface area is 199 Å². The standard InChI is InChI=1S/C31H48B/c1-19-18-28-25(16-17-30-31(28)27-12-6-7-13-29(27)32-30)20(19)14-15-26-23-10-4-2-8-21(23)22-9-3-5-11-24(22)26/h21-31H,2-18H2,1H3. The number of hydrogen-bond acceptors (Lipinski definition) is 0. The molecule has 7 aliphatic rings. The van der Waals surface area contributed by atoms with E-state index in [1.54, 1.807) is 64.2 Å². The van der Waals surface area contributed by atoms with Crippen molar-refractivity contribution in [1.29, 1.82) is 0 Å². The minimum absolute atomic E-state index is 0.996. The van der Waals surface area contributed by atoms with Crippen LogP contribution >= 0.6 is 0 Å². The van der Waals surface area contributed by atoms with Gasteiger partial charge in [-0.25, -0.2) is 0 Å². The van der Waals surface area contributed by atoms with E-state index in [4.69, 9.17) is 0 Å². The van der Waals surface area contributed by atoms with E-state index in [0.29, 0.717) is 0 Å². The van der Waals surface area contributed by atoms with Crippen LogP contribution in [0.15, 0.2) is 11.1 Å². The first-order chi connectivity index (χ1) is 15.8. The Kier molecular flexibility index (Phi) is 5.60. The molecule has 0 bridgehead atoms. The molecule has 0 aromatic carbocycles. The van der Waals surface area contributed by atoms with Crippen LogP contribution in [0.4, 0.5) is 0 Å². The van der Waals surface area contributed by atoms with E-state index < -0.39 is 0 Å². The minimum Gasteiger partial charge on any atom is -0.0735 e. The summed E-state index contributed by atoms with van der Waals surface area (Å²) in [6.07, 6.45) is 26.3. The van der Waals surface area contributed by atoms with E-state index in [-0.39, 0.29) is 0 Å². The van der Waals surface area contributed by atoms with E-state index in [0.717, 1.165) is 64.9 Å². The highest BCUT2D eigenvalue weighted by Crippen LogP contribution is 2.64. The lowest BCUT2D eigenvalue weighted by Gasteiger charge is -2.42. The normalized spacial score (nSPS) is 52.0. The summed E-state index contributed by atoms with van der Waals surface area (Å²) in [7, 11) is 2.89. The van der Waals surface area contributed by atoms with Crippen LogP contribution in [0.2, 0.25) is 11.6 Å². The fourth-order valence-corrected chi connectivity index (χ4v) is 11.9. The van der Waals surface area contributed by atoms with Gasteiger partial charge in [-0.05, 0) is 112 Å². The van der Waals surface area contributed by atoms with Crippen molar-refractivity contribution in [2.24, 2.45) is 53.3 Å². The predicted octanol–water partition coefficient (Wildman–Crippen LogP) is 8.86. The van der Waals surface area contributed by atoms with Crippen molar-refractivity contribution in [3.05, 3.63) is 11.1 Å². The summed E-state index contributed by atoms with van der Waals surface area (Å²) in [6, 6.07) is 0. The van der Waals surface area contributed by atoms with Gasteiger partial charge < -0.3 is 0 Å². The lowest BCUT2D eigenvalue weighted by Crippen LogP contribution is -2.32. The topological polar surface area (TPSA) is 0 Å². The van der Waals surface area contributed by atoms with Crippen molar-refractivity contribution in [3.8, 4) is 0 Å². The van der Waals surface area contributed by atoms with Crippen molar-refractivity contribution in [1.82, 2.24) is 0 Å². The zero-order valence-corrected chi connectivity index (χ0v) is 20.9. The second-order valence-corrected chi connectivity index (χ2v) is 13.8. The fourth-order valence-electron chi connectivity index (χ4n) is 11.9. The number of rotatable bonds is 3. The Morgan fingerprint density at radius 1 is 0.625 bits per heavy atom. The van der Waals surface area contributed by atoms with Crippen molar-refractivity contribution in [2.45, 2.75) is 128 Å². The summed E-state index contributed by atoms with van der Waals surface area (Å²) >= 11 is 0. The van der Waals surface area contributed by atoms with Gasteiger partial charge in [0, 0.05) is 0 Å². The van der Waals surface area contributed by atoms with Crippen molar-refractivity contribution in [3.63, 3.8) is 0 Å². The summed E-state index contributed by atoms with van der Waals surface area (Å²) in [5.41, 5.74) is 3.89. The predicted molar refractivity (Wildman–Crippen MR) is 136 cm³/mol. The van der Waals surface area contributed by atoms with Gasteiger partial charge in [-0.15, -0.1) is 0 Å². The lowest BCUT2D eigenvalue weighted by molar-refractivity contribution is 0.123. The van der Waals surface area contributed by atoms with Crippen LogP contribution in [0.5, 0.6) is 0 Å². The van der Waals surface area contributed by atoms with Crippen LogP contribution in [0, 0.1) is 53.3 Å². The molecule has 0 aromatic heterocycles. The molecule has 1 saturated heterocycles. The molecule has 7 rings (SSSR count). The smallest absolute Gasteiger partial charge is 0.0735 e. The average Bonchev–Trinajstić information content (AvgIpc) is 3.46. The van der Waals surface area contributed by atoms with Gasteiger partial charge in [-0.1, -0.05) is 80.6 Å². The Bertz CT molecular complexity index is 715. The summed E-state index contributed by atoms with van der Waals surface area (Å²) in [5.74, 6) is 11.8. The molecule has 0 nitrogen and oxygen atoms in total. The average molecular weight is 432 g/mol. The maximum Gasteiger partial charge on any atom is 0.118 e. The van der Waals surface area contributed by atoms with Crippen LogP contribution < -0.4 is 0 Å². The van der Waals surface area contributed by atoms with Gasteiger partial charge in [0.25, 0.3) is 0 Å². The maximum absolute atomic E-state index is 2.89. The van der Waals surface area contributed by atoms with Gasteiger partial charge >= 0.3 is 0 Å². The van der Waals surface area contributed by atoms with E-state index in [9.17, 15) is 0 Å². The van der Waals surface area contributed by atoms with Crippen LogP contribution in [-0.2, 0) is 0 Å². The molecule has 1 heterocycles. The molecule has 1 heteroatoms. The zero-order valence-electron chi connectivity index (χ0n) is 20.9. The summed E-state index contributed by atoms with van der Waals surface area (Å²) in [5, 5.41) is 0. The first kappa shape index (κ1) is 21.1. The molecule has 0 N–H and O–H groups in total. The molecular weight excluding hydrogens is 383 g/mol. The van der Waals surface area contributed by atoms with Crippen LogP contribution in [0.25, 0.3) is 0 Å². The number of hydrogen-bond donors (Lipinski definition) is 0. The molecule has 6 aliphatic carbocycles. The van der Waals surface area contributed by atoms with Crippen LogP contribution in [-0.4, -0.2) is 7.28 Å². The SMILES string of the molecule is CC1=C(CCC2C3CCCCC3C3CCCCC32)C2CCC3[B]C4CCCCC4C3C2C1. The quantitative estimate of drug-likeness (QED) is 0.309. The van der Waals surface area contributed by atoms with Crippen molar-refractivity contribution >= 4 is 7.28 Å². The first-order valence-electron chi connectivity index (χ1n) is 15.3. The molecular formula is C31H48B. The molecule has 6 fully saturated rings. The van der Waals surface area contributed by atoms with Gasteiger partial charge in [0.05, 0.1) is 0 Å². The number of fused-ring (bicyclic) bond motifs is 8. The Morgan fingerprint density at radius 2 is 1.25 bits per heavy atom. The van der Waals surface area contributed by atoms with E-state index >= 15 is 0 Å². The summed E-state index contributed by atoms with van der Waals surface area (Å²) in [4.78, 5) is 0. The van der Waals surface area contributed by atoms with Gasteiger partial charge in [-0.2, -0.15) is 0 Å². The minimum atomic E-state index is 0.996. The monoisotopic (exact) mass is 431 g/mol. The molecule has 1 radical (unpaired) electrons. The third-order valence-electron chi connectivity index (χ3n) is 12.9. The molecule has 10 unspecified atom stereocenters. The highest BCUT2D eigenvalue weighted by molar-refractivity contribution is 6.41. The van der Waals surface area contributed by atoms with Gasteiger partial charge in [0.15, 0.2) is 0 Å². The zero-order chi connectivity index (χ0) is 21.2. The molecule has 5 saturated carbocycles. The van der Waals surface area contributed by atoms with Crippen LogP contribution in [0.1, 0.15) is 116 Å². The largest absolute Gasteiger partial charge is 0.118 e. The Balaban J connectivity index is 1.07. The highest BCUT2D eigenvalue weighted by atomic mass is 14.6.